The quantitative estimate of drug-likeness (QED) is 0.575. The maximum Gasteiger partial charge on any atom is 0.276 e. The van der Waals surface area contributed by atoms with Crippen molar-refractivity contribution in [3.05, 3.63) is 16.7 Å². The van der Waals surface area contributed by atoms with Gasteiger partial charge in [0.25, 0.3) is 5.56 Å². The van der Waals surface area contributed by atoms with Crippen LogP contribution in [-0.2, 0) is 0 Å². The Kier molecular flexibility index (Phi) is 3.09. The summed E-state index contributed by atoms with van der Waals surface area (Å²) in [6.45, 7) is 0.154. The maximum absolute atomic E-state index is 11.3. The van der Waals surface area contributed by atoms with Gasteiger partial charge in [0.05, 0.1) is 6.33 Å². The summed E-state index contributed by atoms with van der Waals surface area (Å²) < 4.78 is 0. The van der Waals surface area contributed by atoms with E-state index in [1.807, 2.05) is 0 Å². The number of nitrogens with zero attached hydrogens (tertiary/aromatic N) is 1. The molecule has 6 nitrogen and oxygen atoms in total. The fraction of sp³-hybridized carbons (Fsp3) is 0.600. The monoisotopic (exact) mass is 224 g/mol. The molecule has 1 saturated carbocycles. The number of aromatic amines is 1. The molecular formula is C10H16N4O2. The summed E-state index contributed by atoms with van der Waals surface area (Å²) >= 11 is 0. The van der Waals surface area contributed by atoms with Crippen molar-refractivity contribution in [1.29, 1.82) is 0 Å². The van der Waals surface area contributed by atoms with Gasteiger partial charge in [-0.2, -0.15) is 0 Å². The number of hydrogen-bond donors (Lipinski definition) is 4. The molecule has 0 amide bonds. The van der Waals surface area contributed by atoms with Crippen molar-refractivity contribution in [1.82, 2.24) is 9.97 Å². The highest BCUT2D eigenvalue weighted by atomic mass is 16.3. The SMILES string of the molecule is Nc1c(NC2CCCC2CO)nc[nH]c1=O. The normalized spacial score (nSPS) is 24.6. The number of hydrogen-bond acceptors (Lipinski definition) is 5. The van der Waals surface area contributed by atoms with Crippen LogP contribution in [0.5, 0.6) is 0 Å². The molecule has 0 saturated heterocycles. The second kappa shape index (κ2) is 4.52. The first-order chi connectivity index (χ1) is 7.72. The number of nitrogen functional groups attached to an aromatic ring is 1. The van der Waals surface area contributed by atoms with E-state index in [0.717, 1.165) is 19.3 Å². The van der Waals surface area contributed by atoms with Crippen LogP contribution in [0.25, 0.3) is 0 Å². The first-order valence-electron chi connectivity index (χ1n) is 5.43. The third-order valence-electron chi connectivity index (χ3n) is 3.10. The highest BCUT2D eigenvalue weighted by molar-refractivity contribution is 5.59. The van der Waals surface area contributed by atoms with Crippen LogP contribution in [0.15, 0.2) is 11.1 Å². The van der Waals surface area contributed by atoms with Gasteiger partial charge in [-0.1, -0.05) is 6.42 Å². The lowest BCUT2D eigenvalue weighted by atomic mass is 10.1. The zero-order valence-electron chi connectivity index (χ0n) is 8.94. The molecule has 1 aromatic rings. The molecule has 2 atom stereocenters. The Labute approximate surface area is 92.9 Å². The molecule has 1 fully saturated rings. The Balaban J connectivity index is 2.14. The fourth-order valence-corrected chi connectivity index (χ4v) is 2.15. The van der Waals surface area contributed by atoms with Gasteiger partial charge in [-0.15, -0.1) is 0 Å². The van der Waals surface area contributed by atoms with Crippen LogP contribution in [0.4, 0.5) is 11.5 Å². The van der Waals surface area contributed by atoms with E-state index in [-0.39, 0.29) is 29.8 Å². The van der Waals surface area contributed by atoms with Crippen LogP contribution < -0.4 is 16.6 Å². The molecule has 0 aromatic carbocycles. The fourth-order valence-electron chi connectivity index (χ4n) is 2.15. The van der Waals surface area contributed by atoms with E-state index < -0.39 is 0 Å². The van der Waals surface area contributed by atoms with E-state index in [1.165, 1.54) is 6.33 Å². The minimum absolute atomic E-state index is 0.103. The second-order valence-electron chi connectivity index (χ2n) is 4.12. The Morgan fingerprint density at radius 1 is 1.62 bits per heavy atom. The third kappa shape index (κ3) is 2.01. The summed E-state index contributed by atoms with van der Waals surface area (Å²) in [6, 6.07) is 0.154. The third-order valence-corrected chi connectivity index (χ3v) is 3.10. The molecule has 16 heavy (non-hydrogen) atoms. The van der Waals surface area contributed by atoms with E-state index >= 15 is 0 Å². The summed E-state index contributed by atoms with van der Waals surface area (Å²) in [5.41, 5.74) is 5.38. The van der Waals surface area contributed by atoms with Gasteiger partial charge in [0.1, 0.15) is 5.69 Å². The summed E-state index contributed by atoms with van der Waals surface area (Å²) in [7, 11) is 0. The van der Waals surface area contributed by atoms with E-state index in [4.69, 9.17) is 5.73 Å². The smallest absolute Gasteiger partial charge is 0.276 e. The number of nitrogens with one attached hydrogen (secondary N) is 2. The van der Waals surface area contributed by atoms with Gasteiger partial charge in [0, 0.05) is 18.6 Å². The molecule has 2 unspecified atom stereocenters. The molecule has 0 bridgehead atoms. The molecule has 88 valence electrons. The van der Waals surface area contributed by atoms with Gasteiger partial charge in [-0.3, -0.25) is 4.79 Å². The lowest BCUT2D eigenvalue weighted by molar-refractivity contribution is 0.222. The zero-order valence-corrected chi connectivity index (χ0v) is 8.94. The predicted octanol–water partition coefficient (Wildman–Crippen LogP) is -0.0750. The molecule has 2 rings (SSSR count). The summed E-state index contributed by atoms with van der Waals surface area (Å²) in [6.07, 6.45) is 4.37. The van der Waals surface area contributed by atoms with Crippen LogP contribution in [-0.4, -0.2) is 27.7 Å². The Bertz CT molecular complexity index is 418. The molecular weight excluding hydrogens is 208 g/mol. The van der Waals surface area contributed by atoms with Gasteiger partial charge in [-0.25, -0.2) is 4.98 Å². The zero-order chi connectivity index (χ0) is 11.5. The molecule has 1 aromatic heterocycles. The minimum atomic E-state index is -0.337. The lowest BCUT2D eigenvalue weighted by Gasteiger charge is -2.19. The van der Waals surface area contributed by atoms with Crippen molar-refractivity contribution in [3.8, 4) is 0 Å². The molecule has 0 radical (unpaired) electrons. The maximum atomic E-state index is 11.3. The van der Waals surface area contributed by atoms with Crippen molar-refractivity contribution in [3.63, 3.8) is 0 Å². The number of aliphatic hydroxyl groups is 1. The van der Waals surface area contributed by atoms with Crippen LogP contribution in [0.2, 0.25) is 0 Å². The number of H-pyrrole nitrogens is 1. The van der Waals surface area contributed by atoms with Crippen LogP contribution >= 0.6 is 0 Å². The molecule has 6 heteroatoms. The summed E-state index contributed by atoms with van der Waals surface area (Å²) in [4.78, 5) is 17.7. The molecule has 1 heterocycles. The summed E-state index contributed by atoms with van der Waals surface area (Å²) in [5.74, 6) is 0.634. The Hall–Kier alpha value is -1.56. The average molecular weight is 224 g/mol. The van der Waals surface area contributed by atoms with E-state index in [2.05, 4.69) is 15.3 Å². The summed E-state index contributed by atoms with van der Waals surface area (Å²) in [5, 5.41) is 12.3. The number of aliphatic hydroxyl groups excluding tert-OH is 1. The van der Waals surface area contributed by atoms with E-state index in [0.29, 0.717) is 5.82 Å². The number of rotatable bonds is 3. The van der Waals surface area contributed by atoms with Crippen LogP contribution in [0.3, 0.4) is 0 Å². The van der Waals surface area contributed by atoms with Crippen LogP contribution in [0.1, 0.15) is 19.3 Å². The van der Waals surface area contributed by atoms with Gasteiger partial charge in [0.15, 0.2) is 5.82 Å². The predicted molar refractivity (Wildman–Crippen MR) is 61.1 cm³/mol. The van der Waals surface area contributed by atoms with Crippen molar-refractivity contribution in [2.45, 2.75) is 25.3 Å². The van der Waals surface area contributed by atoms with Gasteiger partial charge >= 0.3 is 0 Å². The molecule has 1 aliphatic rings. The van der Waals surface area contributed by atoms with Crippen molar-refractivity contribution in [2.24, 2.45) is 5.92 Å². The van der Waals surface area contributed by atoms with Crippen molar-refractivity contribution >= 4 is 11.5 Å². The van der Waals surface area contributed by atoms with E-state index in [9.17, 15) is 9.90 Å². The standard InChI is InChI=1S/C10H16N4O2/c11-8-9(12-5-13-10(8)16)14-7-3-1-2-6(7)4-15/h5-7,15H,1-4,11H2,(H2,12,13,14,16). The van der Waals surface area contributed by atoms with Gasteiger partial charge < -0.3 is 21.1 Å². The second-order valence-corrected chi connectivity index (χ2v) is 4.12. The number of nitrogens with two attached hydrogens (primary N) is 1. The molecule has 5 N–H and O–H groups in total. The van der Waals surface area contributed by atoms with Crippen LogP contribution in [0, 0.1) is 5.92 Å². The lowest BCUT2D eigenvalue weighted by Crippen LogP contribution is -2.28. The molecule has 1 aliphatic carbocycles. The topological polar surface area (TPSA) is 104 Å². The first-order valence-corrected chi connectivity index (χ1v) is 5.43. The number of anilines is 2. The highest BCUT2D eigenvalue weighted by Gasteiger charge is 2.27. The highest BCUT2D eigenvalue weighted by Crippen LogP contribution is 2.28. The van der Waals surface area contributed by atoms with Gasteiger partial charge in [0.2, 0.25) is 0 Å². The largest absolute Gasteiger partial charge is 0.396 e. The minimum Gasteiger partial charge on any atom is -0.396 e. The Morgan fingerprint density at radius 3 is 3.19 bits per heavy atom. The van der Waals surface area contributed by atoms with E-state index in [1.54, 1.807) is 0 Å². The average Bonchev–Trinajstić information content (AvgIpc) is 2.72. The Morgan fingerprint density at radius 2 is 2.44 bits per heavy atom. The number of aromatic nitrogens is 2. The first kappa shape index (κ1) is 10.9. The molecule has 0 spiro atoms. The molecule has 0 aliphatic heterocycles. The van der Waals surface area contributed by atoms with Gasteiger partial charge in [-0.05, 0) is 12.8 Å². The van der Waals surface area contributed by atoms with Crippen molar-refractivity contribution in [2.75, 3.05) is 17.7 Å². The van der Waals surface area contributed by atoms with Crippen molar-refractivity contribution < 1.29 is 5.11 Å².